The van der Waals surface area contributed by atoms with Gasteiger partial charge in [0.25, 0.3) is 0 Å². The van der Waals surface area contributed by atoms with Crippen molar-refractivity contribution < 1.29 is 4.74 Å². The number of hydrogen-bond donors (Lipinski definition) is 1. The summed E-state index contributed by atoms with van der Waals surface area (Å²) in [7, 11) is 1.91. The number of benzene rings is 1. The van der Waals surface area contributed by atoms with Gasteiger partial charge in [-0.15, -0.1) is 24.0 Å². The molecule has 2 saturated heterocycles. The second kappa shape index (κ2) is 8.87. The fraction of sp³-hybridized carbons (Fsp3) is 0.667. The molecule has 1 aromatic carbocycles. The summed E-state index contributed by atoms with van der Waals surface area (Å²) in [5, 5.41) is 4.51. The monoisotopic (exact) mass is 503 g/mol. The third-order valence-electron chi connectivity index (χ3n) is 6.84. The number of likely N-dealkylation sites (tertiary alicyclic amines) is 1. The maximum atomic E-state index is 6.29. The summed E-state index contributed by atoms with van der Waals surface area (Å²) in [6.07, 6.45) is 7.54. The quantitative estimate of drug-likeness (QED) is 0.376. The van der Waals surface area contributed by atoms with Crippen molar-refractivity contribution in [3.63, 3.8) is 0 Å². The molecule has 4 nitrogen and oxygen atoms in total. The van der Waals surface area contributed by atoms with Crippen molar-refractivity contribution in [3.05, 3.63) is 34.9 Å². The molecule has 3 aliphatic rings. The Balaban J connectivity index is 0.00000210. The number of nitrogens with zero attached hydrogens (tertiary/aromatic N) is 2. The third kappa shape index (κ3) is 4.40. The lowest BCUT2D eigenvalue weighted by Crippen LogP contribution is -2.49. The zero-order valence-corrected chi connectivity index (χ0v) is 19.3. The van der Waals surface area contributed by atoms with Crippen LogP contribution in [-0.4, -0.2) is 50.8 Å². The van der Waals surface area contributed by atoms with Crippen LogP contribution in [0, 0.1) is 5.41 Å². The molecule has 6 heteroatoms. The average molecular weight is 504 g/mol. The number of nitrogens with one attached hydrogen (secondary N) is 1. The SMILES string of the molecule is CN=C(NCC1(c2cccc(Cl)c2)CCOCC1)N1CCC2(CCC2)C1.I. The van der Waals surface area contributed by atoms with E-state index in [1.165, 1.54) is 37.8 Å². The minimum Gasteiger partial charge on any atom is -0.381 e. The molecule has 1 spiro atoms. The third-order valence-corrected chi connectivity index (χ3v) is 7.07. The van der Waals surface area contributed by atoms with E-state index in [2.05, 4.69) is 33.4 Å². The van der Waals surface area contributed by atoms with E-state index in [4.69, 9.17) is 16.3 Å². The summed E-state index contributed by atoms with van der Waals surface area (Å²) in [6, 6.07) is 8.34. The molecular formula is C21H31ClIN3O. The molecule has 0 atom stereocenters. The van der Waals surface area contributed by atoms with Crippen LogP contribution in [0.4, 0.5) is 0 Å². The first-order valence-electron chi connectivity index (χ1n) is 9.94. The van der Waals surface area contributed by atoms with Gasteiger partial charge in [-0.1, -0.05) is 30.2 Å². The molecule has 1 aliphatic carbocycles. The summed E-state index contributed by atoms with van der Waals surface area (Å²) in [6.45, 7) is 4.79. The minimum atomic E-state index is 0. The summed E-state index contributed by atoms with van der Waals surface area (Å²) < 4.78 is 5.66. The lowest BCUT2D eigenvalue weighted by Gasteiger charge is -2.40. The summed E-state index contributed by atoms with van der Waals surface area (Å²) in [5.74, 6) is 1.06. The highest BCUT2D eigenvalue weighted by Crippen LogP contribution is 2.48. The van der Waals surface area contributed by atoms with E-state index >= 15 is 0 Å². The molecular weight excluding hydrogens is 473 g/mol. The Kier molecular flexibility index (Phi) is 6.96. The Morgan fingerprint density at radius 3 is 2.59 bits per heavy atom. The first kappa shape index (κ1) is 21.2. The predicted molar refractivity (Wildman–Crippen MR) is 122 cm³/mol. The molecule has 0 amide bonds. The lowest BCUT2D eigenvalue weighted by molar-refractivity contribution is 0.0511. The standard InChI is InChI=1S/C21H30ClN3O.HI/c1-23-19(25-11-8-20(16-25)6-3-7-20)24-15-21(9-12-26-13-10-21)17-4-2-5-18(22)14-17;/h2,4-5,14H,3,6-13,15-16H2,1H3,(H,23,24);1H. The number of halogens is 2. The van der Waals surface area contributed by atoms with Crippen LogP contribution < -0.4 is 5.32 Å². The van der Waals surface area contributed by atoms with Crippen LogP contribution in [0.25, 0.3) is 0 Å². The van der Waals surface area contributed by atoms with Crippen LogP contribution >= 0.6 is 35.6 Å². The van der Waals surface area contributed by atoms with Gasteiger partial charge in [0, 0.05) is 50.3 Å². The molecule has 0 aromatic heterocycles. The highest BCUT2D eigenvalue weighted by molar-refractivity contribution is 14.0. The largest absolute Gasteiger partial charge is 0.381 e. The highest BCUT2D eigenvalue weighted by Gasteiger charge is 2.44. The Bertz CT molecular complexity index is 671. The Morgan fingerprint density at radius 2 is 2.00 bits per heavy atom. The van der Waals surface area contributed by atoms with Crippen molar-refractivity contribution in [3.8, 4) is 0 Å². The van der Waals surface area contributed by atoms with Gasteiger partial charge < -0.3 is 15.0 Å². The maximum Gasteiger partial charge on any atom is 0.193 e. The first-order chi connectivity index (χ1) is 12.6. The van der Waals surface area contributed by atoms with Crippen LogP contribution in [0.3, 0.4) is 0 Å². The second-order valence-corrected chi connectivity index (χ2v) is 8.77. The van der Waals surface area contributed by atoms with E-state index in [0.29, 0.717) is 5.41 Å². The molecule has 0 unspecified atom stereocenters. The fourth-order valence-electron chi connectivity index (χ4n) is 4.93. The lowest BCUT2D eigenvalue weighted by atomic mass is 9.68. The van der Waals surface area contributed by atoms with E-state index in [-0.39, 0.29) is 29.4 Å². The number of rotatable bonds is 3. The first-order valence-corrected chi connectivity index (χ1v) is 10.3. The minimum absolute atomic E-state index is 0. The van der Waals surface area contributed by atoms with E-state index < -0.39 is 0 Å². The topological polar surface area (TPSA) is 36.9 Å². The van der Waals surface area contributed by atoms with Crippen LogP contribution in [0.1, 0.15) is 44.1 Å². The molecule has 1 saturated carbocycles. The van der Waals surface area contributed by atoms with Crippen LogP contribution in [0.15, 0.2) is 29.3 Å². The number of ether oxygens (including phenoxy) is 1. The van der Waals surface area contributed by atoms with Gasteiger partial charge in [-0.05, 0) is 55.2 Å². The molecule has 2 heterocycles. The van der Waals surface area contributed by atoms with E-state index in [1.807, 2.05) is 13.1 Å². The highest BCUT2D eigenvalue weighted by atomic mass is 127. The fourth-order valence-corrected chi connectivity index (χ4v) is 5.12. The van der Waals surface area contributed by atoms with Gasteiger partial charge in [-0.25, -0.2) is 0 Å². The average Bonchev–Trinajstić information content (AvgIpc) is 3.09. The smallest absolute Gasteiger partial charge is 0.193 e. The van der Waals surface area contributed by atoms with Crippen molar-refractivity contribution in [1.82, 2.24) is 10.2 Å². The van der Waals surface area contributed by atoms with Crippen molar-refractivity contribution in [2.75, 3.05) is 39.9 Å². The van der Waals surface area contributed by atoms with Crippen LogP contribution in [0.5, 0.6) is 0 Å². The van der Waals surface area contributed by atoms with Crippen LogP contribution in [-0.2, 0) is 10.2 Å². The zero-order valence-electron chi connectivity index (χ0n) is 16.2. The second-order valence-electron chi connectivity index (χ2n) is 8.33. The van der Waals surface area contributed by atoms with Gasteiger partial charge in [-0.3, -0.25) is 4.99 Å². The summed E-state index contributed by atoms with van der Waals surface area (Å²) >= 11 is 6.29. The summed E-state index contributed by atoms with van der Waals surface area (Å²) in [4.78, 5) is 7.06. The Hall–Kier alpha value is -0.530. The molecule has 0 radical (unpaired) electrons. The van der Waals surface area contributed by atoms with Gasteiger partial charge in [0.1, 0.15) is 0 Å². The van der Waals surface area contributed by atoms with Crippen molar-refractivity contribution in [2.24, 2.45) is 10.4 Å². The van der Waals surface area contributed by atoms with Crippen molar-refractivity contribution in [1.29, 1.82) is 0 Å². The Labute approximate surface area is 185 Å². The number of aliphatic imine (C=N–C) groups is 1. The van der Waals surface area contributed by atoms with Gasteiger partial charge in [-0.2, -0.15) is 0 Å². The molecule has 4 rings (SSSR count). The molecule has 0 bridgehead atoms. The van der Waals surface area contributed by atoms with Gasteiger partial charge in [0.15, 0.2) is 5.96 Å². The number of guanidine groups is 1. The molecule has 1 N–H and O–H groups in total. The zero-order chi connectivity index (χ0) is 18.0. The molecule has 3 fully saturated rings. The van der Waals surface area contributed by atoms with Crippen molar-refractivity contribution in [2.45, 2.75) is 43.9 Å². The normalized spacial score (nSPS) is 23.6. The van der Waals surface area contributed by atoms with Crippen LogP contribution in [0.2, 0.25) is 5.02 Å². The van der Waals surface area contributed by atoms with Gasteiger partial charge in [0.2, 0.25) is 0 Å². The summed E-state index contributed by atoms with van der Waals surface area (Å²) in [5.41, 5.74) is 1.96. The molecule has 150 valence electrons. The molecule has 2 aliphatic heterocycles. The van der Waals surface area contributed by atoms with E-state index in [0.717, 1.165) is 50.1 Å². The predicted octanol–water partition coefficient (Wildman–Crippen LogP) is 4.46. The van der Waals surface area contributed by atoms with Gasteiger partial charge >= 0.3 is 0 Å². The van der Waals surface area contributed by atoms with E-state index in [1.54, 1.807) is 0 Å². The maximum absolute atomic E-state index is 6.29. The van der Waals surface area contributed by atoms with Crippen molar-refractivity contribution >= 4 is 41.5 Å². The number of hydrogen-bond acceptors (Lipinski definition) is 2. The Morgan fingerprint density at radius 1 is 1.22 bits per heavy atom. The van der Waals surface area contributed by atoms with E-state index in [9.17, 15) is 0 Å². The van der Waals surface area contributed by atoms with Gasteiger partial charge in [0.05, 0.1) is 0 Å². The molecule has 1 aromatic rings. The molecule has 27 heavy (non-hydrogen) atoms.